The van der Waals surface area contributed by atoms with Gasteiger partial charge in [0.15, 0.2) is 11.5 Å². The number of sulfonamides is 1. The van der Waals surface area contributed by atoms with Gasteiger partial charge in [0.2, 0.25) is 5.95 Å². The molecule has 8 heteroatoms. The molecule has 0 spiro atoms. The SMILES string of the molecule is CN(c1ncccn1)S(=O)(=O)c1ccc2c(c1)OCCCO2. The minimum atomic E-state index is -3.76. The summed E-state index contributed by atoms with van der Waals surface area (Å²) in [6.07, 6.45) is 3.74. The molecular formula is C14H15N3O4S. The predicted molar refractivity (Wildman–Crippen MR) is 79.7 cm³/mol. The minimum absolute atomic E-state index is 0.103. The summed E-state index contributed by atoms with van der Waals surface area (Å²) < 4.78 is 37.4. The van der Waals surface area contributed by atoms with E-state index in [1.807, 2.05) is 0 Å². The molecule has 0 bridgehead atoms. The Bertz CT molecular complexity index is 765. The van der Waals surface area contributed by atoms with Crippen LogP contribution in [0.25, 0.3) is 0 Å². The highest BCUT2D eigenvalue weighted by Gasteiger charge is 2.25. The average Bonchev–Trinajstić information content (AvgIpc) is 2.79. The quantitative estimate of drug-likeness (QED) is 0.851. The lowest BCUT2D eigenvalue weighted by Crippen LogP contribution is -2.28. The summed E-state index contributed by atoms with van der Waals surface area (Å²) in [5.74, 6) is 1.09. The van der Waals surface area contributed by atoms with Crippen molar-refractivity contribution in [2.45, 2.75) is 11.3 Å². The van der Waals surface area contributed by atoms with E-state index in [-0.39, 0.29) is 10.8 Å². The van der Waals surface area contributed by atoms with E-state index in [0.717, 1.165) is 10.7 Å². The lowest BCUT2D eigenvalue weighted by molar-refractivity contribution is 0.297. The lowest BCUT2D eigenvalue weighted by atomic mass is 10.3. The first kappa shape index (κ1) is 14.6. The van der Waals surface area contributed by atoms with Crippen LogP contribution in [0.3, 0.4) is 0 Å². The highest BCUT2D eigenvalue weighted by molar-refractivity contribution is 7.92. The first-order valence-electron chi connectivity index (χ1n) is 6.74. The zero-order chi connectivity index (χ0) is 15.6. The van der Waals surface area contributed by atoms with Crippen molar-refractivity contribution in [1.29, 1.82) is 0 Å². The molecule has 7 nitrogen and oxygen atoms in total. The normalized spacial score (nSPS) is 14.2. The summed E-state index contributed by atoms with van der Waals surface area (Å²) in [5, 5.41) is 0. The number of ether oxygens (including phenoxy) is 2. The van der Waals surface area contributed by atoms with E-state index < -0.39 is 10.0 Å². The van der Waals surface area contributed by atoms with E-state index in [9.17, 15) is 8.42 Å². The van der Waals surface area contributed by atoms with Crippen LogP contribution in [0.1, 0.15) is 6.42 Å². The number of nitrogens with zero attached hydrogens (tertiary/aromatic N) is 3. The summed E-state index contributed by atoms with van der Waals surface area (Å²) in [6, 6.07) is 6.18. The fourth-order valence-corrected chi connectivity index (χ4v) is 3.14. The van der Waals surface area contributed by atoms with Gasteiger partial charge in [-0.1, -0.05) is 0 Å². The Hall–Kier alpha value is -2.35. The highest BCUT2D eigenvalue weighted by Crippen LogP contribution is 2.33. The van der Waals surface area contributed by atoms with E-state index in [1.165, 1.54) is 31.6 Å². The first-order valence-corrected chi connectivity index (χ1v) is 8.18. The number of anilines is 1. The molecule has 0 amide bonds. The third-order valence-electron chi connectivity index (χ3n) is 3.21. The Kier molecular flexibility index (Phi) is 3.84. The van der Waals surface area contributed by atoms with Gasteiger partial charge >= 0.3 is 0 Å². The van der Waals surface area contributed by atoms with Gasteiger partial charge in [0.05, 0.1) is 18.1 Å². The molecule has 0 saturated heterocycles. The Morgan fingerprint density at radius 3 is 2.50 bits per heavy atom. The van der Waals surface area contributed by atoms with Crippen LogP contribution in [0.15, 0.2) is 41.6 Å². The van der Waals surface area contributed by atoms with Crippen LogP contribution < -0.4 is 13.8 Å². The monoisotopic (exact) mass is 321 g/mol. The molecule has 2 heterocycles. The number of aromatic nitrogens is 2. The number of benzene rings is 1. The molecule has 0 radical (unpaired) electrons. The maximum Gasteiger partial charge on any atom is 0.266 e. The van der Waals surface area contributed by atoms with Crippen LogP contribution >= 0.6 is 0 Å². The smallest absolute Gasteiger partial charge is 0.266 e. The minimum Gasteiger partial charge on any atom is -0.490 e. The van der Waals surface area contributed by atoms with Crippen molar-refractivity contribution in [3.63, 3.8) is 0 Å². The highest BCUT2D eigenvalue weighted by atomic mass is 32.2. The molecule has 0 atom stereocenters. The van der Waals surface area contributed by atoms with Gasteiger partial charge in [0.1, 0.15) is 0 Å². The Morgan fingerprint density at radius 2 is 1.77 bits per heavy atom. The van der Waals surface area contributed by atoms with Crippen molar-refractivity contribution >= 4 is 16.0 Å². The third-order valence-corrected chi connectivity index (χ3v) is 4.95. The second kappa shape index (κ2) is 5.80. The largest absolute Gasteiger partial charge is 0.490 e. The number of hydrogen-bond acceptors (Lipinski definition) is 6. The maximum absolute atomic E-state index is 12.7. The molecule has 0 unspecified atom stereocenters. The fraction of sp³-hybridized carbons (Fsp3) is 0.286. The average molecular weight is 321 g/mol. The van der Waals surface area contributed by atoms with Crippen LogP contribution in [-0.2, 0) is 10.0 Å². The molecule has 116 valence electrons. The summed E-state index contributed by atoms with van der Waals surface area (Å²) >= 11 is 0. The van der Waals surface area contributed by atoms with Gasteiger partial charge in [-0.05, 0) is 18.2 Å². The van der Waals surface area contributed by atoms with Crippen molar-refractivity contribution < 1.29 is 17.9 Å². The zero-order valence-electron chi connectivity index (χ0n) is 12.0. The van der Waals surface area contributed by atoms with Gasteiger partial charge in [-0.25, -0.2) is 22.7 Å². The van der Waals surface area contributed by atoms with Crippen molar-refractivity contribution in [3.8, 4) is 11.5 Å². The first-order chi connectivity index (χ1) is 10.6. The van der Waals surface area contributed by atoms with E-state index in [2.05, 4.69) is 9.97 Å². The second-order valence-electron chi connectivity index (χ2n) is 4.68. The van der Waals surface area contributed by atoms with E-state index in [1.54, 1.807) is 12.1 Å². The fourth-order valence-electron chi connectivity index (χ4n) is 2.02. The number of fused-ring (bicyclic) bond motifs is 1. The van der Waals surface area contributed by atoms with Crippen LogP contribution in [0.2, 0.25) is 0 Å². The van der Waals surface area contributed by atoms with Gasteiger partial charge in [-0.3, -0.25) is 0 Å². The molecule has 22 heavy (non-hydrogen) atoms. The van der Waals surface area contributed by atoms with E-state index in [0.29, 0.717) is 24.7 Å². The molecule has 0 N–H and O–H groups in total. The molecule has 0 saturated carbocycles. The third kappa shape index (κ3) is 2.69. The predicted octanol–water partition coefficient (Wildman–Crippen LogP) is 1.46. The molecule has 1 aromatic heterocycles. The standard InChI is InChI=1S/C14H15N3O4S/c1-17(14-15-6-2-7-16-14)22(18,19)11-4-5-12-13(10-11)21-9-3-8-20-12/h2,4-7,10H,3,8-9H2,1H3. The van der Waals surface area contributed by atoms with Gasteiger partial charge < -0.3 is 9.47 Å². The zero-order valence-corrected chi connectivity index (χ0v) is 12.8. The van der Waals surface area contributed by atoms with E-state index in [4.69, 9.17) is 9.47 Å². The maximum atomic E-state index is 12.7. The Labute approximate surface area is 128 Å². The summed E-state index contributed by atoms with van der Waals surface area (Å²) in [7, 11) is -2.35. The Morgan fingerprint density at radius 1 is 1.09 bits per heavy atom. The summed E-state index contributed by atoms with van der Waals surface area (Å²) in [4.78, 5) is 8.01. The Balaban J connectivity index is 1.97. The molecule has 3 rings (SSSR count). The molecule has 0 aliphatic carbocycles. The van der Waals surface area contributed by atoms with Crippen LogP contribution in [0, 0.1) is 0 Å². The van der Waals surface area contributed by atoms with Crippen LogP contribution in [-0.4, -0.2) is 38.6 Å². The van der Waals surface area contributed by atoms with Gasteiger partial charge in [0, 0.05) is 31.9 Å². The van der Waals surface area contributed by atoms with Crippen molar-refractivity contribution in [1.82, 2.24) is 9.97 Å². The lowest BCUT2D eigenvalue weighted by Gasteiger charge is -2.18. The van der Waals surface area contributed by atoms with Crippen molar-refractivity contribution in [3.05, 3.63) is 36.7 Å². The van der Waals surface area contributed by atoms with Crippen LogP contribution in [0.5, 0.6) is 11.5 Å². The van der Waals surface area contributed by atoms with E-state index >= 15 is 0 Å². The molecule has 1 aliphatic rings. The van der Waals surface area contributed by atoms with Gasteiger partial charge in [-0.2, -0.15) is 0 Å². The van der Waals surface area contributed by atoms with Gasteiger partial charge in [0.25, 0.3) is 10.0 Å². The molecule has 0 fully saturated rings. The van der Waals surface area contributed by atoms with Crippen LogP contribution in [0.4, 0.5) is 5.95 Å². The molecule has 2 aromatic rings. The number of hydrogen-bond donors (Lipinski definition) is 0. The summed E-state index contributed by atoms with van der Waals surface area (Å²) in [6.45, 7) is 1.05. The topological polar surface area (TPSA) is 81.6 Å². The van der Waals surface area contributed by atoms with Crippen molar-refractivity contribution in [2.24, 2.45) is 0 Å². The second-order valence-corrected chi connectivity index (χ2v) is 6.65. The molecule has 1 aliphatic heterocycles. The molecular weight excluding hydrogens is 306 g/mol. The van der Waals surface area contributed by atoms with Gasteiger partial charge in [-0.15, -0.1) is 0 Å². The number of rotatable bonds is 3. The summed E-state index contributed by atoms with van der Waals surface area (Å²) in [5.41, 5.74) is 0. The molecule has 1 aromatic carbocycles. The van der Waals surface area contributed by atoms with Crippen molar-refractivity contribution in [2.75, 3.05) is 24.6 Å².